The molecule has 0 aliphatic carbocycles. The first kappa shape index (κ1) is 19.7. The summed E-state index contributed by atoms with van der Waals surface area (Å²) >= 11 is 0. The maximum Gasteiger partial charge on any atom is 0.364 e. The zero-order valence-electron chi connectivity index (χ0n) is 12.5. The minimum absolute atomic E-state index is 0.418. The van der Waals surface area contributed by atoms with Crippen molar-refractivity contribution in [3.63, 3.8) is 0 Å². The van der Waals surface area contributed by atoms with Crippen LogP contribution in [0, 0.1) is 0 Å². The summed E-state index contributed by atoms with van der Waals surface area (Å²) in [4.78, 5) is 22.3. The Morgan fingerprint density at radius 3 is 2.39 bits per heavy atom. The molecule has 7 N–H and O–H groups in total. The van der Waals surface area contributed by atoms with Gasteiger partial charge in [-0.1, -0.05) is 0 Å². The highest BCUT2D eigenvalue weighted by molar-refractivity contribution is 5.76. The standard InChI is InChI=1S/C12H21NO10/c1-5(14)13-12(21)7(16)3-11(20,10(18)19)23-9(12)8(17)6(15)4-22-2/h6-9,15-17,20-21H,3-4H2,1-2H3,(H,13,14)(H,18,19)/t6-,7?,8-,9?,11-,12+/m0/s1. The van der Waals surface area contributed by atoms with Crippen molar-refractivity contribution in [2.45, 2.75) is 49.3 Å². The molecule has 11 heteroatoms. The Balaban J connectivity index is 3.22. The van der Waals surface area contributed by atoms with Crippen molar-refractivity contribution in [1.29, 1.82) is 0 Å². The lowest BCUT2D eigenvalue weighted by Gasteiger charge is -2.49. The van der Waals surface area contributed by atoms with Crippen molar-refractivity contribution in [3.05, 3.63) is 0 Å². The van der Waals surface area contributed by atoms with Crippen molar-refractivity contribution in [2.24, 2.45) is 0 Å². The predicted octanol–water partition coefficient (Wildman–Crippen LogP) is -3.90. The highest BCUT2D eigenvalue weighted by Crippen LogP contribution is 2.35. The van der Waals surface area contributed by atoms with Crippen molar-refractivity contribution >= 4 is 11.9 Å². The molecule has 0 saturated carbocycles. The number of hydrogen-bond acceptors (Lipinski definition) is 9. The lowest BCUT2D eigenvalue weighted by atomic mass is 9.85. The van der Waals surface area contributed by atoms with E-state index in [2.05, 4.69) is 4.74 Å². The maximum atomic E-state index is 11.2. The number of carboxylic acid groups (broad SMARTS) is 1. The second kappa shape index (κ2) is 7.05. The van der Waals surface area contributed by atoms with Crippen LogP contribution in [-0.4, -0.2) is 92.2 Å². The van der Waals surface area contributed by atoms with Crippen molar-refractivity contribution < 1.29 is 49.7 Å². The number of amides is 1. The second-order valence-corrected chi connectivity index (χ2v) is 5.37. The quantitative estimate of drug-likeness (QED) is 0.236. The Hall–Kier alpha value is -1.34. The molecule has 0 spiro atoms. The second-order valence-electron chi connectivity index (χ2n) is 5.37. The Bertz CT molecular complexity index is 459. The van der Waals surface area contributed by atoms with Crippen LogP contribution in [0.5, 0.6) is 0 Å². The third-order valence-corrected chi connectivity index (χ3v) is 3.49. The van der Waals surface area contributed by atoms with E-state index in [1.54, 1.807) is 0 Å². The molecule has 1 amide bonds. The first-order chi connectivity index (χ1) is 10.5. The van der Waals surface area contributed by atoms with Gasteiger partial charge in [-0.25, -0.2) is 4.79 Å². The summed E-state index contributed by atoms with van der Waals surface area (Å²) in [5.41, 5.74) is -2.64. The van der Waals surface area contributed by atoms with Gasteiger partial charge in [0, 0.05) is 20.5 Å². The number of hydrogen-bond donors (Lipinski definition) is 7. The van der Waals surface area contributed by atoms with E-state index in [4.69, 9.17) is 9.84 Å². The fourth-order valence-electron chi connectivity index (χ4n) is 2.33. The first-order valence-corrected chi connectivity index (χ1v) is 6.65. The number of carbonyl (C=O) groups is 2. The summed E-state index contributed by atoms with van der Waals surface area (Å²) in [5.74, 6) is -5.63. The lowest BCUT2D eigenvalue weighted by Crippen LogP contribution is -2.75. The topological polar surface area (TPSA) is 186 Å². The van der Waals surface area contributed by atoms with Gasteiger partial charge in [-0.2, -0.15) is 0 Å². The number of rotatable bonds is 6. The largest absolute Gasteiger partial charge is 0.477 e. The van der Waals surface area contributed by atoms with E-state index >= 15 is 0 Å². The number of methoxy groups -OCH3 is 1. The molecule has 1 heterocycles. The van der Waals surface area contributed by atoms with Crippen LogP contribution in [0.15, 0.2) is 0 Å². The van der Waals surface area contributed by atoms with Crippen LogP contribution in [-0.2, 0) is 19.1 Å². The molecule has 134 valence electrons. The van der Waals surface area contributed by atoms with Crippen molar-refractivity contribution in [3.8, 4) is 0 Å². The lowest BCUT2D eigenvalue weighted by molar-refractivity contribution is -0.344. The number of aliphatic carboxylic acids is 1. The molecule has 1 aliphatic rings. The SMILES string of the molecule is COC[C@H](O)[C@H](O)C1O[C@](O)(C(=O)O)CC(O)[C@]1(O)NC(C)=O. The summed E-state index contributed by atoms with van der Waals surface area (Å²) < 4.78 is 9.43. The fraction of sp³-hybridized carbons (Fsp3) is 0.833. The molecule has 1 fully saturated rings. The first-order valence-electron chi connectivity index (χ1n) is 6.65. The van der Waals surface area contributed by atoms with Crippen molar-refractivity contribution in [2.75, 3.05) is 13.7 Å². The molecule has 1 rings (SSSR count). The van der Waals surface area contributed by atoms with E-state index in [9.17, 15) is 35.1 Å². The van der Waals surface area contributed by atoms with Crippen LogP contribution < -0.4 is 5.32 Å². The van der Waals surface area contributed by atoms with E-state index < -0.39 is 60.8 Å². The summed E-state index contributed by atoms with van der Waals surface area (Å²) in [6, 6.07) is 0. The predicted molar refractivity (Wildman–Crippen MR) is 70.7 cm³/mol. The van der Waals surface area contributed by atoms with Crippen LogP contribution in [0.2, 0.25) is 0 Å². The molecule has 0 aromatic carbocycles. The van der Waals surface area contributed by atoms with Gasteiger partial charge in [0.05, 0.1) is 6.61 Å². The van der Waals surface area contributed by atoms with Crippen molar-refractivity contribution in [1.82, 2.24) is 5.32 Å². The highest BCUT2D eigenvalue weighted by atomic mass is 16.7. The van der Waals surface area contributed by atoms with E-state index in [1.165, 1.54) is 7.11 Å². The van der Waals surface area contributed by atoms with Gasteiger partial charge in [-0.05, 0) is 0 Å². The molecule has 23 heavy (non-hydrogen) atoms. The number of nitrogens with one attached hydrogen (secondary N) is 1. The van der Waals surface area contributed by atoms with Crippen LogP contribution in [0.4, 0.5) is 0 Å². The van der Waals surface area contributed by atoms with Gasteiger partial charge in [-0.15, -0.1) is 0 Å². The molecule has 11 nitrogen and oxygen atoms in total. The van der Waals surface area contributed by atoms with Gasteiger partial charge in [0.15, 0.2) is 5.72 Å². The minimum Gasteiger partial charge on any atom is -0.477 e. The fourth-order valence-corrected chi connectivity index (χ4v) is 2.33. The third-order valence-electron chi connectivity index (χ3n) is 3.49. The number of aliphatic hydroxyl groups is 5. The van der Waals surface area contributed by atoms with Crippen LogP contribution in [0.25, 0.3) is 0 Å². The molecular weight excluding hydrogens is 318 g/mol. The molecule has 0 radical (unpaired) electrons. The van der Waals surface area contributed by atoms with Gasteiger partial charge >= 0.3 is 5.97 Å². The molecule has 0 aromatic heterocycles. The molecule has 1 aliphatic heterocycles. The summed E-state index contributed by atoms with van der Waals surface area (Å²) in [7, 11) is 1.21. The summed E-state index contributed by atoms with van der Waals surface area (Å²) in [6.45, 7) is 0.580. The van der Waals surface area contributed by atoms with E-state index in [1.807, 2.05) is 5.32 Å². The normalized spacial score (nSPS) is 37.0. The average molecular weight is 339 g/mol. The molecule has 0 aromatic rings. The molecular formula is C12H21NO10. The molecule has 1 saturated heterocycles. The minimum atomic E-state index is -2.93. The van der Waals surface area contributed by atoms with Crippen LogP contribution in [0.1, 0.15) is 13.3 Å². The molecule has 6 atom stereocenters. The Morgan fingerprint density at radius 2 is 1.96 bits per heavy atom. The van der Waals surface area contributed by atoms with Crippen LogP contribution >= 0.6 is 0 Å². The summed E-state index contributed by atoms with van der Waals surface area (Å²) in [5, 5.41) is 61.1. The Labute approximate surface area is 131 Å². The number of aliphatic hydroxyl groups excluding tert-OH is 3. The van der Waals surface area contributed by atoms with E-state index in [0.717, 1.165) is 6.92 Å². The van der Waals surface area contributed by atoms with E-state index in [0.29, 0.717) is 0 Å². The van der Waals surface area contributed by atoms with Gasteiger partial charge in [-0.3, -0.25) is 4.79 Å². The van der Waals surface area contributed by atoms with Gasteiger partial charge in [0.1, 0.15) is 24.4 Å². The molecule has 0 bridgehead atoms. The highest BCUT2D eigenvalue weighted by Gasteiger charge is 2.61. The zero-order chi connectivity index (χ0) is 18.0. The monoisotopic (exact) mass is 339 g/mol. The zero-order valence-corrected chi connectivity index (χ0v) is 12.5. The number of carboxylic acids is 1. The summed E-state index contributed by atoms with van der Waals surface area (Å²) in [6.07, 6.45) is -8.69. The average Bonchev–Trinajstić information content (AvgIpc) is 2.42. The van der Waals surface area contributed by atoms with E-state index in [-0.39, 0.29) is 0 Å². The van der Waals surface area contributed by atoms with Gasteiger partial charge < -0.3 is 45.4 Å². The smallest absolute Gasteiger partial charge is 0.364 e. The maximum absolute atomic E-state index is 11.2. The number of ether oxygens (including phenoxy) is 2. The molecule has 2 unspecified atom stereocenters. The third kappa shape index (κ3) is 3.95. The number of carbonyl (C=O) groups excluding carboxylic acids is 1. The Morgan fingerprint density at radius 1 is 1.39 bits per heavy atom. The Kier molecular flexibility index (Phi) is 6.04. The van der Waals surface area contributed by atoms with Gasteiger partial charge in [0.2, 0.25) is 5.91 Å². The van der Waals surface area contributed by atoms with Gasteiger partial charge in [0.25, 0.3) is 5.79 Å². The van der Waals surface area contributed by atoms with Crippen LogP contribution in [0.3, 0.4) is 0 Å².